The van der Waals surface area contributed by atoms with Crippen molar-refractivity contribution >= 4 is 16.7 Å². The summed E-state index contributed by atoms with van der Waals surface area (Å²) in [5.41, 5.74) is 4.21. The monoisotopic (exact) mass is 456 g/mol. The molecule has 0 saturated carbocycles. The van der Waals surface area contributed by atoms with E-state index in [1.54, 1.807) is 20.5 Å². The molecule has 3 aromatic carbocycles. The highest BCUT2D eigenvalue weighted by Gasteiger charge is 2.33. The summed E-state index contributed by atoms with van der Waals surface area (Å²) in [6.45, 7) is 1.74. The maximum atomic E-state index is 13.4. The van der Waals surface area contributed by atoms with Gasteiger partial charge in [-0.2, -0.15) is 0 Å². The van der Waals surface area contributed by atoms with Crippen LogP contribution in [0.25, 0.3) is 10.8 Å². The van der Waals surface area contributed by atoms with Gasteiger partial charge in [0.15, 0.2) is 0 Å². The number of carbonyl (C=O) groups excluding carboxylic acids is 1. The van der Waals surface area contributed by atoms with Gasteiger partial charge in [0, 0.05) is 31.4 Å². The molecular weight excluding hydrogens is 428 g/mol. The molecule has 0 saturated heterocycles. The van der Waals surface area contributed by atoms with E-state index >= 15 is 0 Å². The van der Waals surface area contributed by atoms with Crippen molar-refractivity contribution in [3.63, 3.8) is 0 Å². The van der Waals surface area contributed by atoms with Gasteiger partial charge in [-0.3, -0.25) is 9.69 Å². The minimum absolute atomic E-state index is 0.00212. The van der Waals surface area contributed by atoms with Crippen LogP contribution in [0.15, 0.2) is 67.0 Å². The third kappa shape index (κ3) is 4.34. The third-order valence-electron chi connectivity index (χ3n) is 6.49. The molecule has 2 N–H and O–H groups in total. The normalized spacial score (nSPS) is 15.6. The third-order valence-corrected chi connectivity index (χ3v) is 6.49. The number of carbonyl (C=O) groups is 1. The molecule has 7 nitrogen and oxygen atoms in total. The molecule has 0 radical (unpaired) electrons. The summed E-state index contributed by atoms with van der Waals surface area (Å²) in [6.07, 6.45) is 2.28. The van der Waals surface area contributed by atoms with E-state index in [0.29, 0.717) is 26.1 Å². The maximum Gasteiger partial charge on any atom is 0.238 e. The van der Waals surface area contributed by atoms with Gasteiger partial charge < -0.3 is 19.8 Å². The molecule has 1 amide bonds. The number of benzene rings is 3. The lowest BCUT2D eigenvalue weighted by atomic mass is 9.98. The van der Waals surface area contributed by atoms with Gasteiger partial charge in [0.25, 0.3) is 0 Å². The minimum atomic E-state index is -0.310. The predicted octanol–water partition coefficient (Wildman–Crippen LogP) is 3.82. The lowest BCUT2D eigenvalue weighted by Crippen LogP contribution is -2.49. The molecule has 174 valence electrons. The lowest BCUT2D eigenvalue weighted by molar-refractivity contribution is -0.127. The predicted molar refractivity (Wildman–Crippen MR) is 131 cm³/mol. The Balaban J connectivity index is 1.38. The molecule has 4 aromatic rings. The molecular formula is C27H28N4O3. The van der Waals surface area contributed by atoms with Gasteiger partial charge in [-0.1, -0.05) is 42.5 Å². The highest BCUT2D eigenvalue weighted by molar-refractivity contribution is 5.91. The highest BCUT2D eigenvalue weighted by Crippen LogP contribution is 2.31. The first-order valence-corrected chi connectivity index (χ1v) is 11.4. The van der Waals surface area contributed by atoms with E-state index in [4.69, 9.17) is 9.47 Å². The van der Waals surface area contributed by atoms with Crippen LogP contribution < -0.4 is 14.8 Å². The Bertz CT molecular complexity index is 1300. The Morgan fingerprint density at radius 2 is 1.85 bits per heavy atom. The van der Waals surface area contributed by atoms with Crippen molar-refractivity contribution in [2.75, 3.05) is 14.2 Å². The summed E-state index contributed by atoms with van der Waals surface area (Å²) in [7, 11) is 3.33. The van der Waals surface area contributed by atoms with E-state index in [0.717, 1.165) is 44.8 Å². The number of hydrogen-bond donors (Lipinski definition) is 2. The molecule has 0 unspecified atom stereocenters. The van der Waals surface area contributed by atoms with Crippen LogP contribution in [0.5, 0.6) is 11.5 Å². The van der Waals surface area contributed by atoms with Crippen LogP contribution in [-0.2, 0) is 30.8 Å². The van der Waals surface area contributed by atoms with Gasteiger partial charge in [-0.15, -0.1) is 0 Å². The zero-order valence-corrected chi connectivity index (χ0v) is 19.4. The van der Waals surface area contributed by atoms with Crippen molar-refractivity contribution in [2.24, 2.45) is 0 Å². The van der Waals surface area contributed by atoms with E-state index in [1.807, 2.05) is 42.5 Å². The molecule has 34 heavy (non-hydrogen) atoms. The number of fused-ring (bicyclic) bond motifs is 2. The fourth-order valence-electron chi connectivity index (χ4n) is 4.63. The first-order valence-electron chi connectivity index (χ1n) is 11.4. The molecule has 1 aliphatic heterocycles. The molecule has 0 spiro atoms. The number of aromatic amines is 1. The summed E-state index contributed by atoms with van der Waals surface area (Å²) < 4.78 is 10.8. The second-order valence-electron chi connectivity index (χ2n) is 8.49. The number of amides is 1. The van der Waals surface area contributed by atoms with Crippen LogP contribution in [0.2, 0.25) is 0 Å². The summed E-state index contributed by atoms with van der Waals surface area (Å²) in [5, 5.41) is 5.33. The van der Waals surface area contributed by atoms with Gasteiger partial charge in [0.1, 0.15) is 11.5 Å². The summed E-state index contributed by atoms with van der Waals surface area (Å²) >= 11 is 0. The van der Waals surface area contributed by atoms with E-state index in [1.165, 1.54) is 0 Å². The van der Waals surface area contributed by atoms with Crippen LogP contribution in [0, 0.1) is 0 Å². The van der Waals surface area contributed by atoms with Crippen LogP contribution in [-0.4, -0.2) is 41.0 Å². The molecule has 0 bridgehead atoms. The quantitative estimate of drug-likeness (QED) is 0.442. The van der Waals surface area contributed by atoms with Crippen LogP contribution >= 0.6 is 0 Å². The zero-order chi connectivity index (χ0) is 23.5. The summed E-state index contributed by atoms with van der Waals surface area (Å²) in [6, 6.07) is 19.7. The molecule has 5 rings (SSSR count). The van der Waals surface area contributed by atoms with Crippen molar-refractivity contribution in [2.45, 2.75) is 32.1 Å². The van der Waals surface area contributed by atoms with E-state index in [9.17, 15) is 4.79 Å². The highest BCUT2D eigenvalue weighted by atomic mass is 16.5. The van der Waals surface area contributed by atoms with Crippen molar-refractivity contribution in [3.05, 3.63) is 89.5 Å². The lowest BCUT2D eigenvalue weighted by Gasteiger charge is -2.34. The second kappa shape index (κ2) is 9.57. The average Bonchev–Trinajstić information content (AvgIpc) is 3.35. The summed E-state index contributed by atoms with van der Waals surface area (Å²) in [4.78, 5) is 23.3. The van der Waals surface area contributed by atoms with Gasteiger partial charge >= 0.3 is 0 Å². The van der Waals surface area contributed by atoms with Crippen molar-refractivity contribution in [1.29, 1.82) is 0 Å². The number of hydrogen-bond acceptors (Lipinski definition) is 5. The molecule has 1 atom stereocenters. The molecule has 1 aromatic heterocycles. The molecule has 0 aliphatic carbocycles. The first kappa shape index (κ1) is 22.0. The average molecular weight is 457 g/mol. The topological polar surface area (TPSA) is 79.5 Å². The molecule has 1 aliphatic rings. The number of nitrogens with zero attached hydrogens (tertiary/aromatic N) is 2. The molecule has 0 fully saturated rings. The smallest absolute Gasteiger partial charge is 0.238 e. The fourth-order valence-corrected chi connectivity index (χ4v) is 4.63. The number of rotatable bonds is 7. The van der Waals surface area contributed by atoms with Crippen LogP contribution in [0.3, 0.4) is 0 Å². The van der Waals surface area contributed by atoms with Crippen molar-refractivity contribution < 1.29 is 14.3 Å². The molecule has 7 heteroatoms. The Morgan fingerprint density at radius 1 is 1.06 bits per heavy atom. The Morgan fingerprint density at radius 3 is 2.62 bits per heavy atom. The Kier molecular flexibility index (Phi) is 6.18. The van der Waals surface area contributed by atoms with E-state index in [2.05, 4.69) is 38.4 Å². The van der Waals surface area contributed by atoms with Crippen molar-refractivity contribution in [1.82, 2.24) is 20.2 Å². The maximum absolute atomic E-state index is 13.4. The zero-order valence-electron chi connectivity index (χ0n) is 19.4. The number of methoxy groups -OCH3 is 2. The first-order chi connectivity index (χ1) is 16.7. The van der Waals surface area contributed by atoms with Crippen LogP contribution in [0.1, 0.15) is 22.5 Å². The largest absolute Gasteiger partial charge is 0.497 e. The van der Waals surface area contributed by atoms with E-state index in [-0.39, 0.29) is 11.9 Å². The van der Waals surface area contributed by atoms with Gasteiger partial charge in [-0.05, 0) is 34.7 Å². The van der Waals surface area contributed by atoms with Crippen LogP contribution in [0.4, 0.5) is 0 Å². The van der Waals surface area contributed by atoms with Gasteiger partial charge in [0.05, 0.1) is 38.0 Å². The number of imidazole rings is 1. The van der Waals surface area contributed by atoms with Gasteiger partial charge in [0.2, 0.25) is 5.91 Å². The Labute approximate surface area is 198 Å². The van der Waals surface area contributed by atoms with Gasteiger partial charge in [-0.25, -0.2) is 4.98 Å². The van der Waals surface area contributed by atoms with Crippen molar-refractivity contribution in [3.8, 4) is 11.5 Å². The number of H-pyrrole nitrogens is 1. The molecule has 2 heterocycles. The Hall–Kier alpha value is -3.84. The number of nitrogens with one attached hydrogen (secondary N) is 2. The minimum Gasteiger partial charge on any atom is -0.497 e. The number of ether oxygens (including phenoxy) is 2. The van der Waals surface area contributed by atoms with E-state index < -0.39 is 0 Å². The SMILES string of the molecule is COc1ccc(CNC(=O)[C@@H]2Cc3nc[nH]c3CN2Cc2ccc(OC)c3ccccc23)cc1. The second-order valence-corrected chi connectivity index (χ2v) is 8.49. The summed E-state index contributed by atoms with van der Waals surface area (Å²) in [5.74, 6) is 1.65. The fraction of sp³-hybridized carbons (Fsp3) is 0.259. The standard InChI is InChI=1S/C27H28N4O3/c1-33-20-10-7-18(8-11-20)14-28-27(32)25-13-23-24(30-17-29-23)16-31(25)15-19-9-12-26(34-2)22-6-4-3-5-21(19)22/h3-12,17,25H,13-16H2,1-2H3,(H,28,32)(H,29,30)/t25-/m0/s1. The number of aromatic nitrogens is 2.